The molecule has 9 nitrogen and oxygen atoms in total. The lowest BCUT2D eigenvalue weighted by Crippen LogP contribution is -2.14. The Labute approximate surface area is 170 Å². The molecule has 1 amide bonds. The summed E-state index contributed by atoms with van der Waals surface area (Å²) in [6, 6.07) is 6.82. The van der Waals surface area contributed by atoms with Gasteiger partial charge in [0.2, 0.25) is 15.9 Å². The van der Waals surface area contributed by atoms with Gasteiger partial charge in [-0.3, -0.25) is 9.52 Å². The predicted molar refractivity (Wildman–Crippen MR) is 111 cm³/mol. The zero-order chi connectivity index (χ0) is 20.3. The summed E-state index contributed by atoms with van der Waals surface area (Å²) in [6.07, 6.45) is 1.10. The smallest absolute Gasteiger partial charge is 0.236 e. The molecule has 3 rings (SSSR count). The highest BCUT2D eigenvalue weighted by Crippen LogP contribution is 2.24. The quantitative estimate of drug-likeness (QED) is 0.544. The van der Waals surface area contributed by atoms with Crippen LogP contribution in [-0.2, 0) is 21.9 Å². The number of anilines is 2. The van der Waals surface area contributed by atoms with Crippen LogP contribution in [0.25, 0.3) is 11.4 Å². The Balaban J connectivity index is 1.64. The van der Waals surface area contributed by atoms with Crippen molar-refractivity contribution in [1.29, 1.82) is 0 Å². The highest BCUT2D eigenvalue weighted by Gasteiger charge is 2.14. The molecule has 0 aliphatic rings. The maximum atomic E-state index is 12.1. The van der Waals surface area contributed by atoms with E-state index < -0.39 is 10.0 Å². The van der Waals surface area contributed by atoms with E-state index in [2.05, 4.69) is 25.2 Å². The number of benzene rings is 1. The Morgan fingerprint density at radius 1 is 1.25 bits per heavy atom. The highest BCUT2D eigenvalue weighted by molar-refractivity contribution is 7.99. The number of sulfonamides is 1. The number of nitrogens with one attached hydrogen (secondary N) is 2. The topological polar surface area (TPSA) is 119 Å². The standard InChI is InChI=1S/C16H18N6O3S3/c1-10-8-26-15(17-10)18-13(23)9-27-16-20-19-14(22(16)2)11-4-6-12(7-5-11)21-28(3,24)25/h4-8,21H,9H2,1-3H3,(H,17,18,23). The zero-order valence-corrected chi connectivity index (χ0v) is 17.8. The summed E-state index contributed by atoms with van der Waals surface area (Å²) in [5, 5.41) is 14.1. The molecule has 1 aromatic carbocycles. The van der Waals surface area contributed by atoms with E-state index in [1.807, 2.05) is 19.4 Å². The minimum absolute atomic E-state index is 0.167. The number of carbonyl (C=O) groups excluding carboxylic acids is 1. The fourth-order valence-corrected chi connectivity index (χ4v) is 4.27. The van der Waals surface area contributed by atoms with Crippen molar-refractivity contribution in [2.24, 2.45) is 7.05 Å². The first-order valence-corrected chi connectivity index (χ1v) is 11.8. The molecule has 0 aliphatic carbocycles. The van der Waals surface area contributed by atoms with Gasteiger partial charge in [0.15, 0.2) is 16.1 Å². The van der Waals surface area contributed by atoms with Crippen molar-refractivity contribution in [3.63, 3.8) is 0 Å². The molecular formula is C16H18N6O3S3. The minimum Gasteiger partial charge on any atom is -0.305 e. The van der Waals surface area contributed by atoms with Gasteiger partial charge in [-0.05, 0) is 31.2 Å². The lowest BCUT2D eigenvalue weighted by Gasteiger charge is -2.06. The molecule has 3 aromatic rings. The van der Waals surface area contributed by atoms with Gasteiger partial charge >= 0.3 is 0 Å². The minimum atomic E-state index is -3.32. The van der Waals surface area contributed by atoms with Gasteiger partial charge in [-0.2, -0.15) is 0 Å². The van der Waals surface area contributed by atoms with Crippen molar-refractivity contribution in [3.05, 3.63) is 35.3 Å². The Morgan fingerprint density at radius 3 is 2.57 bits per heavy atom. The zero-order valence-electron chi connectivity index (χ0n) is 15.3. The summed E-state index contributed by atoms with van der Waals surface area (Å²) in [5.41, 5.74) is 2.12. The summed E-state index contributed by atoms with van der Waals surface area (Å²) in [7, 11) is -1.52. The largest absolute Gasteiger partial charge is 0.305 e. The Morgan fingerprint density at radius 2 is 1.96 bits per heavy atom. The van der Waals surface area contributed by atoms with E-state index in [-0.39, 0.29) is 11.7 Å². The van der Waals surface area contributed by atoms with Gasteiger partial charge in [-0.1, -0.05) is 11.8 Å². The third-order valence-corrected chi connectivity index (χ3v) is 5.98. The molecule has 2 aromatic heterocycles. The lowest BCUT2D eigenvalue weighted by molar-refractivity contribution is -0.113. The summed E-state index contributed by atoms with van der Waals surface area (Å²) in [4.78, 5) is 16.3. The second-order valence-corrected chi connectivity index (χ2v) is 9.50. The molecule has 0 spiro atoms. The number of carbonyl (C=O) groups is 1. The number of amides is 1. The van der Waals surface area contributed by atoms with Crippen LogP contribution < -0.4 is 10.0 Å². The predicted octanol–water partition coefficient (Wildman–Crippen LogP) is 2.35. The van der Waals surface area contributed by atoms with Gasteiger partial charge < -0.3 is 9.88 Å². The highest BCUT2D eigenvalue weighted by atomic mass is 32.2. The normalized spacial score (nSPS) is 11.4. The Kier molecular flexibility index (Phi) is 6.01. The van der Waals surface area contributed by atoms with E-state index in [4.69, 9.17) is 0 Å². The van der Waals surface area contributed by atoms with Gasteiger partial charge in [0.1, 0.15) is 0 Å². The van der Waals surface area contributed by atoms with Crippen molar-refractivity contribution < 1.29 is 13.2 Å². The van der Waals surface area contributed by atoms with Crippen LogP contribution in [0.15, 0.2) is 34.8 Å². The number of aromatic nitrogens is 4. The average Bonchev–Trinajstić information content (AvgIpc) is 3.18. The molecule has 148 valence electrons. The molecule has 0 aliphatic heterocycles. The number of rotatable bonds is 7. The van der Waals surface area contributed by atoms with Gasteiger partial charge in [0.25, 0.3) is 0 Å². The van der Waals surface area contributed by atoms with E-state index in [0.29, 0.717) is 21.8 Å². The van der Waals surface area contributed by atoms with Crippen LogP contribution in [0.2, 0.25) is 0 Å². The second-order valence-electron chi connectivity index (χ2n) is 5.95. The number of aryl methyl sites for hydroxylation is 1. The molecule has 0 unspecified atom stereocenters. The maximum absolute atomic E-state index is 12.1. The summed E-state index contributed by atoms with van der Waals surface area (Å²) in [6.45, 7) is 1.87. The number of hydrogen-bond donors (Lipinski definition) is 2. The molecule has 2 N–H and O–H groups in total. The van der Waals surface area contributed by atoms with Gasteiger partial charge in [0, 0.05) is 23.7 Å². The third-order valence-electron chi connectivity index (χ3n) is 3.48. The molecule has 0 bridgehead atoms. The number of nitrogens with zero attached hydrogens (tertiary/aromatic N) is 4. The maximum Gasteiger partial charge on any atom is 0.236 e. The Bertz CT molecular complexity index is 1090. The second kappa shape index (κ2) is 8.29. The van der Waals surface area contributed by atoms with Crippen LogP contribution in [-0.4, -0.2) is 46.1 Å². The lowest BCUT2D eigenvalue weighted by atomic mass is 10.2. The molecule has 2 heterocycles. The van der Waals surface area contributed by atoms with Gasteiger partial charge in [0.05, 0.1) is 17.7 Å². The molecule has 0 radical (unpaired) electrons. The Hall–Kier alpha value is -2.44. The van der Waals surface area contributed by atoms with Gasteiger partial charge in [-0.15, -0.1) is 21.5 Å². The van der Waals surface area contributed by atoms with Crippen molar-refractivity contribution in [3.8, 4) is 11.4 Å². The first-order chi connectivity index (χ1) is 13.2. The SMILES string of the molecule is Cc1csc(NC(=O)CSc2nnc(-c3ccc(NS(C)(=O)=O)cc3)n2C)n1. The van der Waals surface area contributed by atoms with Crippen LogP contribution in [0.4, 0.5) is 10.8 Å². The molecule has 0 saturated carbocycles. The molecule has 0 atom stereocenters. The average molecular weight is 439 g/mol. The number of thiazole rings is 1. The van der Waals surface area contributed by atoms with E-state index in [9.17, 15) is 13.2 Å². The van der Waals surface area contributed by atoms with Crippen molar-refractivity contribution in [2.75, 3.05) is 22.0 Å². The van der Waals surface area contributed by atoms with Crippen LogP contribution in [0.1, 0.15) is 5.69 Å². The van der Waals surface area contributed by atoms with Gasteiger partial charge in [-0.25, -0.2) is 13.4 Å². The van der Waals surface area contributed by atoms with Crippen LogP contribution >= 0.6 is 23.1 Å². The van der Waals surface area contributed by atoms with Crippen LogP contribution in [0.5, 0.6) is 0 Å². The monoisotopic (exact) mass is 438 g/mol. The van der Waals surface area contributed by atoms with E-state index >= 15 is 0 Å². The summed E-state index contributed by atoms with van der Waals surface area (Å²) >= 11 is 2.65. The summed E-state index contributed by atoms with van der Waals surface area (Å²) < 4.78 is 26.8. The van der Waals surface area contributed by atoms with Crippen molar-refractivity contribution >= 4 is 49.8 Å². The third kappa shape index (κ3) is 5.30. The van der Waals surface area contributed by atoms with Crippen LogP contribution in [0.3, 0.4) is 0 Å². The van der Waals surface area contributed by atoms with E-state index in [1.165, 1.54) is 23.1 Å². The molecule has 12 heteroatoms. The fraction of sp³-hybridized carbons (Fsp3) is 0.250. The molecular weight excluding hydrogens is 420 g/mol. The fourth-order valence-electron chi connectivity index (χ4n) is 2.29. The van der Waals surface area contributed by atoms with Crippen molar-refractivity contribution in [2.45, 2.75) is 12.1 Å². The molecule has 0 saturated heterocycles. The van der Waals surface area contributed by atoms with Crippen molar-refractivity contribution in [1.82, 2.24) is 19.7 Å². The first kappa shape index (κ1) is 20.3. The molecule has 28 heavy (non-hydrogen) atoms. The molecule has 0 fully saturated rings. The van der Waals surface area contributed by atoms with E-state index in [1.54, 1.807) is 28.8 Å². The van der Waals surface area contributed by atoms with Crippen LogP contribution in [0, 0.1) is 6.92 Å². The first-order valence-electron chi connectivity index (χ1n) is 8.03. The number of thioether (sulfide) groups is 1. The number of hydrogen-bond acceptors (Lipinski definition) is 8. The summed E-state index contributed by atoms with van der Waals surface area (Å²) in [5.74, 6) is 0.631. The van der Waals surface area contributed by atoms with E-state index in [0.717, 1.165) is 17.5 Å².